The van der Waals surface area contributed by atoms with Crippen molar-refractivity contribution in [3.63, 3.8) is 0 Å². The van der Waals surface area contributed by atoms with Crippen molar-refractivity contribution >= 4 is 11.9 Å². The van der Waals surface area contributed by atoms with Gasteiger partial charge in [-0.1, -0.05) is 19.1 Å². The predicted octanol–water partition coefficient (Wildman–Crippen LogP) is 0.305. The summed E-state index contributed by atoms with van der Waals surface area (Å²) >= 11 is 0. The first-order valence-corrected chi connectivity index (χ1v) is 9.25. The molecule has 3 rings (SSSR count). The molecule has 27 heavy (non-hydrogen) atoms. The average Bonchev–Trinajstić information content (AvgIpc) is 3.03. The second kappa shape index (κ2) is 7.54. The monoisotopic (exact) mass is 375 g/mol. The molecule has 1 N–H and O–H groups in total. The number of rotatable bonds is 4. The molecule has 1 fully saturated rings. The van der Waals surface area contributed by atoms with Crippen LogP contribution < -0.4 is 11.2 Å². The van der Waals surface area contributed by atoms with Gasteiger partial charge >= 0.3 is 11.7 Å². The minimum absolute atomic E-state index is 0.0158. The summed E-state index contributed by atoms with van der Waals surface area (Å²) in [6.07, 6.45) is 5.49. The van der Waals surface area contributed by atoms with E-state index in [4.69, 9.17) is 4.74 Å². The Kier molecular flexibility index (Phi) is 5.34. The first kappa shape index (κ1) is 19.1. The van der Waals surface area contributed by atoms with Crippen molar-refractivity contribution in [2.75, 3.05) is 19.7 Å². The Balaban J connectivity index is 1.75. The molecule has 0 saturated carbocycles. The van der Waals surface area contributed by atoms with Gasteiger partial charge in [-0.05, 0) is 31.6 Å². The molecule has 1 aliphatic carbocycles. The molecule has 1 aliphatic heterocycles. The number of aromatic amines is 1. The molecule has 0 spiro atoms. The van der Waals surface area contributed by atoms with Gasteiger partial charge in [-0.15, -0.1) is 0 Å². The number of esters is 1. The zero-order valence-corrected chi connectivity index (χ0v) is 15.8. The van der Waals surface area contributed by atoms with Gasteiger partial charge in [-0.3, -0.25) is 23.9 Å². The van der Waals surface area contributed by atoms with Gasteiger partial charge in [-0.25, -0.2) is 4.79 Å². The molecule has 1 aromatic heterocycles. The fourth-order valence-corrected chi connectivity index (χ4v) is 4.08. The quantitative estimate of drug-likeness (QED) is 0.603. The zero-order valence-electron chi connectivity index (χ0n) is 15.8. The first-order chi connectivity index (χ1) is 12.8. The SMILES string of the molecule is CCOC(=O)[C@@H]1[C@H]2CN(C(=O)Cn3cc(C)c(=O)[nH]c3=O)C[C@@H]2C=C[C@@H]1C. The number of nitrogens with one attached hydrogen (secondary N) is 1. The van der Waals surface area contributed by atoms with Crippen molar-refractivity contribution in [3.05, 3.63) is 44.8 Å². The fourth-order valence-electron chi connectivity index (χ4n) is 4.08. The van der Waals surface area contributed by atoms with Crippen molar-refractivity contribution in [2.24, 2.45) is 23.7 Å². The number of amides is 1. The van der Waals surface area contributed by atoms with Crippen LogP contribution in [0.3, 0.4) is 0 Å². The molecule has 0 bridgehead atoms. The molecule has 8 nitrogen and oxygen atoms in total. The standard InChI is InChI=1S/C19H25N3O5/c1-4-27-18(25)16-11(2)5-6-13-8-21(9-14(13)16)15(23)10-22-7-12(3)17(24)20-19(22)26/h5-7,11,13-14,16H,4,8-10H2,1-3H3,(H,20,24,26)/t11-,13-,14-,16-/m0/s1. The van der Waals surface area contributed by atoms with E-state index in [0.29, 0.717) is 25.3 Å². The van der Waals surface area contributed by atoms with Crippen LogP contribution in [0.2, 0.25) is 0 Å². The number of carbonyl (C=O) groups excluding carboxylic acids is 2. The van der Waals surface area contributed by atoms with Crippen LogP contribution in [0.4, 0.5) is 0 Å². The van der Waals surface area contributed by atoms with Crippen molar-refractivity contribution in [3.8, 4) is 0 Å². The minimum atomic E-state index is -0.603. The number of hydrogen-bond acceptors (Lipinski definition) is 5. The highest BCUT2D eigenvalue weighted by molar-refractivity contribution is 5.77. The van der Waals surface area contributed by atoms with Crippen molar-refractivity contribution in [1.29, 1.82) is 0 Å². The summed E-state index contributed by atoms with van der Waals surface area (Å²) < 4.78 is 6.45. The van der Waals surface area contributed by atoms with Gasteiger partial charge in [0.05, 0.1) is 12.5 Å². The number of carbonyl (C=O) groups is 2. The fraction of sp³-hybridized carbons (Fsp3) is 0.579. The number of nitrogens with zero attached hydrogens (tertiary/aromatic N) is 2. The van der Waals surface area contributed by atoms with Crippen molar-refractivity contribution < 1.29 is 14.3 Å². The predicted molar refractivity (Wildman–Crippen MR) is 98.0 cm³/mol. The Hall–Kier alpha value is -2.64. The van der Waals surface area contributed by atoms with E-state index < -0.39 is 11.2 Å². The van der Waals surface area contributed by atoms with Gasteiger partial charge in [0.15, 0.2) is 0 Å². The maximum Gasteiger partial charge on any atom is 0.328 e. The molecule has 1 saturated heterocycles. The molecule has 0 unspecified atom stereocenters. The minimum Gasteiger partial charge on any atom is -0.466 e. The summed E-state index contributed by atoms with van der Waals surface area (Å²) in [6, 6.07) is 0. The van der Waals surface area contributed by atoms with Crippen LogP contribution in [-0.2, 0) is 20.9 Å². The van der Waals surface area contributed by atoms with Gasteiger partial charge in [0.2, 0.25) is 5.91 Å². The highest BCUT2D eigenvalue weighted by Crippen LogP contribution is 2.40. The normalized spacial score (nSPS) is 26.7. The van der Waals surface area contributed by atoms with Crippen molar-refractivity contribution in [1.82, 2.24) is 14.5 Å². The third-order valence-electron chi connectivity index (χ3n) is 5.51. The molecular formula is C19H25N3O5. The number of aryl methyl sites for hydroxylation is 1. The Labute approximate surface area is 156 Å². The lowest BCUT2D eigenvalue weighted by atomic mass is 9.72. The lowest BCUT2D eigenvalue weighted by Gasteiger charge is -2.31. The summed E-state index contributed by atoms with van der Waals surface area (Å²) in [7, 11) is 0. The Morgan fingerprint density at radius 1 is 1.26 bits per heavy atom. The van der Waals surface area contributed by atoms with Crippen LogP contribution in [0.15, 0.2) is 27.9 Å². The molecule has 146 valence electrons. The highest BCUT2D eigenvalue weighted by atomic mass is 16.5. The molecule has 0 aromatic carbocycles. The summed E-state index contributed by atoms with van der Waals surface area (Å²) in [5.41, 5.74) is -0.683. The van der Waals surface area contributed by atoms with E-state index in [2.05, 4.69) is 11.1 Å². The first-order valence-electron chi connectivity index (χ1n) is 9.25. The molecule has 8 heteroatoms. The number of ether oxygens (including phenoxy) is 1. The van der Waals surface area contributed by atoms with E-state index in [0.717, 1.165) is 0 Å². The summed E-state index contributed by atoms with van der Waals surface area (Å²) in [6.45, 7) is 6.52. The largest absolute Gasteiger partial charge is 0.466 e. The van der Waals surface area contributed by atoms with Gasteiger partial charge < -0.3 is 9.64 Å². The number of H-pyrrole nitrogens is 1. The Morgan fingerprint density at radius 2 is 2.00 bits per heavy atom. The van der Waals surface area contributed by atoms with Gasteiger partial charge in [-0.2, -0.15) is 0 Å². The van der Waals surface area contributed by atoms with E-state index >= 15 is 0 Å². The molecular weight excluding hydrogens is 350 g/mol. The second-order valence-corrected chi connectivity index (χ2v) is 7.35. The van der Waals surface area contributed by atoms with Crippen LogP contribution in [0.1, 0.15) is 19.4 Å². The van der Waals surface area contributed by atoms with E-state index in [-0.39, 0.29) is 42.1 Å². The molecule has 1 amide bonds. The van der Waals surface area contributed by atoms with Crippen LogP contribution in [0, 0.1) is 30.6 Å². The molecule has 2 aliphatic rings. The van der Waals surface area contributed by atoms with E-state index in [1.54, 1.807) is 18.7 Å². The summed E-state index contributed by atoms with van der Waals surface area (Å²) in [5.74, 6) is -0.510. The van der Waals surface area contributed by atoms with Crippen LogP contribution >= 0.6 is 0 Å². The van der Waals surface area contributed by atoms with Gasteiger partial charge in [0, 0.05) is 24.8 Å². The molecule has 2 heterocycles. The lowest BCUT2D eigenvalue weighted by molar-refractivity contribution is -0.152. The topological polar surface area (TPSA) is 101 Å². The third-order valence-corrected chi connectivity index (χ3v) is 5.51. The number of likely N-dealkylation sites (tertiary alicyclic amines) is 1. The second-order valence-electron chi connectivity index (χ2n) is 7.35. The number of allylic oxidation sites excluding steroid dienone is 1. The van der Waals surface area contributed by atoms with E-state index in [1.165, 1.54) is 10.8 Å². The van der Waals surface area contributed by atoms with Crippen LogP contribution in [0.25, 0.3) is 0 Å². The Bertz CT molecular complexity index is 884. The van der Waals surface area contributed by atoms with Crippen LogP contribution in [0.5, 0.6) is 0 Å². The maximum absolute atomic E-state index is 12.7. The van der Waals surface area contributed by atoms with Crippen molar-refractivity contribution in [2.45, 2.75) is 27.3 Å². The van der Waals surface area contributed by atoms with Gasteiger partial charge in [0.1, 0.15) is 6.54 Å². The molecule has 4 atom stereocenters. The number of aromatic nitrogens is 2. The van der Waals surface area contributed by atoms with Crippen LogP contribution in [-0.4, -0.2) is 46.0 Å². The van der Waals surface area contributed by atoms with E-state index in [9.17, 15) is 19.2 Å². The number of hydrogen-bond donors (Lipinski definition) is 1. The maximum atomic E-state index is 12.7. The summed E-state index contributed by atoms with van der Waals surface area (Å²) in [5, 5.41) is 0. The van der Waals surface area contributed by atoms with E-state index in [1.807, 2.05) is 13.0 Å². The summed E-state index contributed by atoms with van der Waals surface area (Å²) in [4.78, 5) is 52.4. The average molecular weight is 375 g/mol. The highest BCUT2D eigenvalue weighted by Gasteiger charge is 2.45. The van der Waals surface area contributed by atoms with Gasteiger partial charge in [0.25, 0.3) is 5.56 Å². The Morgan fingerprint density at radius 3 is 2.70 bits per heavy atom. The number of fused-ring (bicyclic) bond motifs is 1. The smallest absolute Gasteiger partial charge is 0.328 e. The lowest BCUT2D eigenvalue weighted by Crippen LogP contribution is -2.39. The molecule has 1 aromatic rings. The third kappa shape index (κ3) is 3.74. The zero-order chi connectivity index (χ0) is 19.7. The molecule has 0 radical (unpaired) electrons.